The van der Waals surface area contributed by atoms with E-state index in [2.05, 4.69) is 11.8 Å². The quantitative estimate of drug-likeness (QED) is 0.532. The van der Waals surface area contributed by atoms with Crippen molar-refractivity contribution in [3.05, 3.63) is 28.1 Å². The molecule has 0 saturated carbocycles. The number of halogens is 1. The predicted molar refractivity (Wildman–Crippen MR) is 113 cm³/mol. The summed E-state index contributed by atoms with van der Waals surface area (Å²) in [5.41, 5.74) is 0.539. The Balaban J connectivity index is 1.85. The van der Waals surface area contributed by atoms with E-state index in [1.165, 1.54) is 0 Å². The highest BCUT2D eigenvalue weighted by molar-refractivity contribution is 5.73. The predicted octanol–water partition coefficient (Wildman–Crippen LogP) is 2.54. The van der Waals surface area contributed by atoms with Gasteiger partial charge in [0.25, 0.3) is 5.69 Å². The minimum Gasteiger partial charge on any atom is -0.450 e. The van der Waals surface area contributed by atoms with Gasteiger partial charge in [0.05, 0.1) is 23.3 Å². The third-order valence-electron chi connectivity index (χ3n) is 5.87. The smallest absolute Gasteiger partial charge is 0.410 e. The van der Waals surface area contributed by atoms with E-state index in [-0.39, 0.29) is 17.8 Å². The van der Waals surface area contributed by atoms with Gasteiger partial charge in [-0.1, -0.05) is 6.92 Å². The summed E-state index contributed by atoms with van der Waals surface area (Å²) in [6.07, 6.45) is -0.382. The lowest BCUT2D eigenvalue weighted by atomic mass is 10.1. The first-order chi connectivity index (χ1) is 14.3. The number of amides is 1. The molecule has 0 bridgehead atoms. The summed E-state index contributed by atoms with van der Waals surface area (Å²) >= 11 is 0. The van der Waals surface area contributed by atoms with Crippen LogP contribution in [-0.4, -0.2) is 85.8 Å². The molecule has 10 heteroatoms. The van der Waals surface area contributed by atoms with Gasteiger partial charge in [-0.3, -0.25) is 10.1 Å². The van der Waals surface area contributed by atoms with Crippen molar-refractivity contribution in [3.63, 3.8) is 0 Å². The van der Waals surface area contributed by atoms with Crippen LogP contribution in [0.3, 0.4) is 0 Å². The van der Waals surface area contributed by atoms with Crippen molar-refractivity contribution in [2.45, 2.75) is 26.8 Å². The lowest BCUT2D eigenvalue weighted by Crippen LogP contribution is -2.54. The maximum Gasteiger partial charge on any atom is 0.410 e. The van der Waals surface area contributed by atoms with Crippen molar-refractivity contribution < 1.29 is 18.8 Å². The van der Waals surface area contributed by atoms with Gasteiger partial charge in [-0.05, 0) is 26.5 Å². The number of ether oxygens (including phenoxy) is 1. The van der Waals surface area contributed by atoms with E-state index >= 15 is 0 Å². The normalized spacial score (nSPS) is 20.4. The van der Waals surface area contributed by atoms with Crippen LogP contribution in [0, 0.1) is 15.9 Å². The van der Waals surface area contributed by atoms with Gasteiger partial charge in [0.1, 0.15) is 5.69 Å². The molecule has 0 N–H and O–H groups in total. The van der Waals surface area contributed by atoms with E-state index in [1.807, 2.05) is 16.7 Å². The molecule has 0 radical (unpaired) electrons. The molecule has 0 unspecified atom stereocenters. The van der Waals surface area contributed by atoms with E-state index < -0.39 is 10.7 Å². The lowest BCUT2D eigenvalue weighted by molar-refractivity contribution is -0.384. The molecule has 3 rings (SSSR count). The van der Waals surface area contributed by atoms with Gasteiger partial charge in [0.15, 0.2) is 5.82 Å². The Morgan fingerprint density at radius 3 is 2.37 bits per heavy atom. The van der Waals surface area contributed by atoms with Crippen molar-refractivity contribution in [2.75, 3.05) is 68.8 Å². The van der Waals surface area contributed by atoms with Gasteiger partial charge in [-0.25, -0.2) is 9.18 Å². The topological polar surface area (TPSA) is 82.4 Å². The number of benzene rings is 1. The monoisotopic (exact) mass is 423 g/mol. The zero-order valence-electron chi connectivity index (χ0n) is 17.8. The van der Waals surface area contributed by atoms with E-state index in [9.17, 15) is 19.3 Å². The second-order valence-electron chi connectivity index (χ2n) is 7.66. The van der Waals surface area contributed by atoms with Gasteiger partial charge in [0.2, 0.25) is 0 Å². The Hall–Kier alpha value is -2.62. The molecule has 0 spiro atoms. The Morgan fingerprint density at radius 2 is 1.80 bits per heavy atom. The van der Waals surface area contributed by atoms with Crippen molar-refractivity contribution in [3.8, 4) is 0 Å². The molecule has 2 aliphatic heterocycles. The summed E-state index contributed by atoms with van der Waals surface area (Å²) in [5, 5.41) is 11.6. The fourth-order valence-corrected chi connectivity index (χ4v) is 4.14. The second-order valence-corrected chi connectivity index (χ2v) is 7.66. The maximum atomic E-state index is 14.8. The fraction of sp³-hybridized carbons (Fsp3) is 0.650. The number of hydrogen-bond donors (Lipinski definition) is 0. The van der Waals surface area contributed by atoms with Crippen LogP contribution in [0.2, 0.25) is 0 Å². The molecule has 2 saturated heterocycles. The number of rotatable bonds is 5. The minimum absolute atomic E-state index is 0.181. The number of nitro benzene ring substituents is 1. The Morgan fingerprint density at radius 1 is 1.13 bits per heavy atom. The van der Waals surface area contributed by atoms with Crippen LogP contribution in [-0.2, 0) is 4.74 Å². The standard InChI is InChI=1S/C20H30FN5O4/c1-4-22-6-8-23(9-7-22)17-13-18(19(26(28)29)12-16(17)21)24-10-11-25(15(3)14-24)20(27)30-5-2/h12-13,15H,4-11,14H2,1-3H3/t15-/m1/s1. The molecule has 1 amide bonds. The van der Waals surface area contributed by atoms with Crippen LogP contribution in [0.15, 0.2) is 12.1 Å². The van der Waals surface area contributed by atoms with Crippen LogP contribution in [0.5, 0.6) is 0 Å². The van der Waals surface area contributed by atoms with Crippen LogP contribution in [0.4, 0.5) is 26.2 Å². The molecule has 166 valence electrons. The van der Waals surface area contributed by atoms with Crippen molar-refractivity contribution in [1.82, 2.24) is 9.80 Å². The molecule has 2 aliphatic rings. The molecular weight excluding hydrogens is 393 g/mol. The fourth-order valence-electron chi connectivity index (χ4n) is 4.14. The number of carbonyl (C=O) groups is 1. The summed E-state index contributed by atoms with van der Waals surface area (Å²) in [6.45, 7) is 11.2. The Bertz CT molecular complexity index is 785. The molecule has 0 aliphatic carbocycles. The first-order valence-corrected chi connectivity index (χ1v) is 10.5. The zero-order chi connectivity index (χ0) is 21.8. The third-order valence-corrected chi connectivity index (χ3v) is 5.87. The van der Waals surface area contributed by atoms with Gasteiger partial charge in [-0.15, -0.1) is 0 Å². The molecular formula is C20H30FN5O4. The summed E-state index contributed by atoms with van der Waals surface area (Å²) in [4.78, 5) is 30.9. The van der Waals surface area contributed by atoms with Gasteiger partial charge in [0, 0.05) is 51.9 Å². The summed E-state index contributed by atoms with van der Waals surface area (Å²) in [6, 6.07) is 2.44. The van der Waals surface area contributed by atoms with Crippen molar-refractivity contribution in [2.24, 2.45) is 0 Å². The Labute approximate surface area is 176 Å². The van der Waals surface area contributed by atoms with Crippen molar-refractivity contribution >= 4 is 23.2 Å². The highest BCUT2D eigenvalue weighted by Gasteiger charge is 2.33. The Kier molecular flexibility index (Phi) is 6.96. The van der Waals surface area contributed by atoms with E-state index in [0.29, 0.717) is 50.7 Å². The minimum atomic E-state index is -0.575. The van der Waals surface area contributed by atoms with Crippen LogP contribution >= 0.6 is 0 Å². The molecule has 0 aromatic heterocycles. The number of nitro groups is 1. The number of anilines is 2. The number of nitrogens with zero attached hydrogens (tertiary/aromatic N) is 5. The lowest BCUT2D eigenvalue weighted by Gasteiger charge is -2.40. The summed E-state index contributed by atoms with van der Waals surface area (Å²) in [5.74, 6) is -0.575. The van der Waals surface area contributed by atoms with Gasteiger partial charge in [-0.2, -0.15) is 0 Å². The molecule has 1 aromatic carbocycles. The van der Waals surface area contributed by atoms with Crippen LogP contribution < -0.4 is 9.80 Å². The molecule has 1 atom stereocenters. The maximum absolute atomic E-state index is 14.8. The van der Waals surface area contributed by atoms with E-state index in [4.69, 9.17) is 4.74 Å². The van der Waals surface area contributed by atoms with Crippen LogP contribution in [0.25, 0.3) is 0 Å². The largest absolute Gasteiger partial charge is 0.450 e. The first kappa shape index (κ1) is 22.1. The second kappa shape index (κ2) is 9.46. The average molecular weight is 423 g/mol. The van der Waals surface area contributed by atoms with Crippen molar-refractivity contribution in [1.29, 1.82) is 0 Å². The van der Waals surface area contributed by atoms with Gasteiger partial charge >= 0.3 is 6.09 Å². The van der Waals surface area contributed by atoms with Crippen LogP contribution in [0.1, 0.15) is 20.8 Å². The van der Waals surface area contributed by atoms with E-state index in [1.54, 1.807) is 17.9 Å². The highest BCUT2D eigenvalue weighted by Crippen LogP contribution is 2.36. The summed E-state index contributed by atoms with van der Waals surface area (Å²) in [7, 11) is 0. The number of likely N-dealkylation sites (N-methyl/N-ethyl adjacent to an activating group) is 1. The summed E-state index contributed by atoms with van der Waals surface area (Å²) < 4.78 is 19.9. The third kappa shape index (κ3) is 4.58. The zero-order valence-corrected chi connectivity index (χ0v) is 17.8. The average Bonchev–Trinajstić information content (AvgIpc) is 2.73. The molecule has 30 heavy (non-hydrogen) atoms. The van der Waals surface area contributed by atoms with Gasteiger partial charge < -0.3 is 24.3 Å². The number of hydrogen-bond acceptors (Lipinski definition) is 7. The SMILES string of the molecule is CCOC(=O)N1CCN(c2cc(N3CCN(CC)CC3)c(F)cc2[N+](=O)[O-])C[C@H]1C. The number of piperazine rings is 2. The molecule has 2 heterocycles. The molecule has 9 nitrogen and oxygen atoms in total. The molecule has 1 aromatic rings. The molecule has 2 fully saturated rings. The highest BCUT2D eigenvalue weighted by atomic mass is 19.1. The number of carbonyl (C=O) groups excluding carboxylic acids is 1. The first-order valence-electron chi connectivity index (χ1n) is 10.5. The van der Waals surface area contributed by atoms with E-state index in [0.717, 1.165) is 25.7 Å².